The van der Waals surface area contributed by atoms with E-state index in [2.05, 4.69) is 10.6 Å². The van der Waals surface area contributed by atoms with E-state index >= 15 is 0 Å². The quantitative estimate of drug-likeness (QED) is 0.807. The van der Waals surface area contributed by atoms with E-state index in [0.717, 1.165) is 43.5 Å². The average Bonchev–Trinajstić information content (AvgIpc) is 2.87. The third kappa shape index (κ3) is 3.93. The summed E-state index contributed by atoms with van der Waals surface area (Å²) in [5, 5.41) is 5.77. The largest absolute Gasteiger partial charge is 0.352 e. The predicted molar refractivity (Wildman–Crippen MR) is 90.8 cm³/mol. The van der Waals surface area contributed by atoms with E-state index in [-0.39, 0.29) is 17.7 Å². The second-order valence-corrected chi connectivity index (χ2v) is 6.37. The molecule has 1 aromatic carbocycles. The maximum absolute atomic E-state index is 12.3. The maximum atomic E-state index is 12.3. The van der Waals surface area contributed by atoms with Crippen LogP contribution < -0.4 is 10.6 Å². The van der Waals surface area contributed by atoms with Crippen LogP contribution in [0.5, 0.6) is 0 Å². The highest BCUT2D eigenvalue weighted by Gasteiger charge is 2.19. The molecule has 6 heteroatoms. The van der Waals surface area contributed by atoms with Gasteiger partial charge in [-0.15, -0.1) is 0 Å². The molecule has 2 aliphatic heterocycles. The summed E-state index contributed by atoms with van der Waals surface area (Å²) in [6, 6.07) is 5.40. The van der Waals surface area contributed by atoms with E-state index in [1.807, 2.05) is 11.0 Å². The molecular weight excluding hydrogens is 306 g/mol. The van der Waals surface area contributed by atoms with Gasteiger partial charge in [-0.1, -0.05) is 0 Å². The minimum Gasteiger partial charge on any atom is -0.352 e. The Bertz CT molecular complexity index is 657. The highest BCUT2D eigenvalue weighted by Crippen LogP contribution is 2.23. The van der Waals surface area contributed by atoms with Crippen LogP contribution in [0.15, 0.2) is 18.2 Å². The van der Waals surface area contributed by atoms with Gasteiger partial charge in [-0.3, -0.25) is 14.4 Å². The number of hydrogen-bond acceptors (Lipinski definition) is 3. The summed E-state index contributed by atoms with van der Waals surface area (Å²) in [5.41, 5.74) is 2.43. The molecule has 0 spiro atoms. The molecule has 0 atom stereocenters. The lowest BCUT2D eigenvalue weighted by Gasteiger charge is -2.15. The normalized spacial score (nSPS) is 17.2. The van der Waals surface area contributed by atoms with Crippen molar-refractivity contribution < 1.29 is 14.4 Å². The number of fused-ring (bicyclic) bond motifs is 1. The molecule has 0 radical (unpaired) electrons. The van der Waals surface area contributed by atoms with Crippen LogP contribution in [-0.4, -0.2) is 42.3 Å². The summed E-state index contributed by atoms with van der Waals surface area (Å²) in [6.45, 7) is 2.09. The molecule has 1 aromatic rings. The molecule has 0 aliphatic carbocycles. The van der Waals surface area contributed by atoms with E-state index in [9.17, 15) is 14.4 Å². The van der Waals surface area contributed by atoms with Crippen molar-refractivity contribution in [1.29, 1.82) is 0 Å². The third-order valence-corrected chi connectivity index (χ3v) is 4.55. The Morgan fingerprint density at radius 2 is 2.04 bits per heavy atom. The maximum Gasteiger partial charge on any atom is 0.251 e. The molecule has 128 valence electrons. The SMILES string of the molecule is O=C1CCCc2cc(C(=O)NCCCN3CCCC3=O)ccc2N1. The number of hydrogen-bond donors (Lipinski definition) is 2. The monoisotopic (exact) mass is 329 g/mol. The predicted octanol–water partition coefficient (Wildman–Crippen LogP) is 1.70. The number of aryl methyl sites for hydroxylation is 1. The Balaban J connectivity index is 1.51. The summed E-state index contributed by atoms with van der Waals surface area (Å²) >= 11 is 0. The van der Waals surface area contributed by atoms with E-state index < -0.39 is 0 Å². The molecule has 2 heterocycles. The molecule has 1 fully saturated rings. The Kier molecular flexibility index (Phi) is 5.13. The molecular formula is C18H23N3O3. The second kappa shape index (κ2) is 7.47. The lowest BCUT2D eigenvalue weighted by molar-refractivity contribution is -0.127. The summed E-state index contributed by atoms with van der Waals surface area (Å²) in [7, 11) is 0. The molecule has 0 aromatic heterocycles. The van der Waals surface area contributed by atoms with Gasteiger partial charge in [0.15, 0.2) is 0 Å². The fourth-order valence-corrected chi connectivity index (χ4v) is 3.23. The zero-order valence-electron chi connectivity index (χ0n) is 13.8. The molecule has 24 heavy (non-hydrogen) atoms. The van der Waals surface area contributed by atoms with Crippen molar-refractivity contribution >= 4 is 23.4 Å². The van der Waals surface area contributed by atoms with Crippen LogP contribution >= 0.6 is 0 Å². The molecule has 6 nitrogen and oxygen atoms in total. The number of nitrogens with one attached hydrogen (secondary N) is 2. The topological polar surface area (TPSA) is 78.5 Å². The molecule has 3 amide bonds. The molecule has 1 saturated heterocycles. The lowest BCUT2D eigenvalue weighted by Crippen LogP contribution is -2.30. The zero-order chi connectivity index (χ0) is 16.9. The van der Waals surface area contributed by atoms with Crippen molar-refractivity contribution in [2.75, 3.05) is 25.0 Å². The molecule has 0 unspecified atom stereocenters. The number of nitrogens with zero attached hydrogens (tertiary/aromatic N) is 1. The number of benzene rings is 1. The smallest absolute Gasteiger partial charge is 0.251 e. The van der Waals surface area contributed by atoms with Gasteiger partial charge in [-0.2, -0.15) is 0 Å². The van der Waals surface area contributed by atoms with Crippen molar-refractivity contribution in [2.24, 2.45) is 0 Å². The first kappa shape index (κ1) is 16.5. The van der Waals surface area contributed by atoms with E-state index in [1.165, 1.54) is 0 Å². The third-order valence-electron chi connectivity index (χ3n) is 4.55. The summed E-state index contributed by atoms with van der Waals surface area (Å²) in [4.78, 5) is 37.2. The first-order valence-corrected chi connectivity index (χ1v) is 8.62. The second-order valence-electron chi connectivity index (χ2n) is 6.37. The highest BCUT2D eigenvalue weighted by atomic mass is 16.2. The van der Waals surface area contributed by atoms with Gasteiger partial charge >= 0.3 is 0 Å². The van der Waals surface area contributed by atoms with E-state index in [0.29, 0.717) is 31.5 Å². The van der Waals surface area contributed by atoms with Gasteiger partial charge in [0.2, 0.25) is 11.8 Å². The van der Waals surface area contributed by atoms with Gasteiger partial charge in [0.1, 0.15) is 0 Å². The van der Waals surface area contributed by atoms with Gasteiger partial charge in [0.25, 0.3) is 5.91 Å². The van der Waals surface area contributed by atoms with E-state index in [1.54, 1.807) is 12.1 Å². The number of carbonyl (C=O) groups is 3. The standard InChI is InChI=1S/C18H23N3O3/c22-16-5-1-4-13-12-14(7-8-15(13)20-16)18(24)19-9-3-11-21-10-2-6-17(21)23/h7-8,12H,1-6,9-11H2,(H,19,24)(H,20,22). The highest BCUT2D eigenvalue weighted by molar-refractivity contribution is 5.97. The van der Waals surface area contributed by atoms with Gasteiger partial charge in [0.05, 0.1) is 0 Å². The number of amides is 3. The van der Waals surface area contributed by atoms with Crippen LogP contribution in [0.3, 0.4) is 0 Å². The lowest BCUT2D eigenvalue weighted by atomic mass is 10.0. The fraction of sp³-hybridized carbons (Fsp3) is 0.500. The van der Waals surface area contributed by atoms with Crippen LogP contribution in [0.25, 0.3) is 0 Å². The van der Waals surface area contributed by atoms with E-state index in [4.69, 9.17) is 0 Å². The van der Waals surface area contributed by atoms with Crippen molar-refractivity contribution in [2.45, 2.75) is 38.5 Å². The minimum atomic E-state index is -0.110. The molecule has 3 rings (SSSR count). The Hall–Kier alpha value is -2.37. The number of carbonyl (C=O) groups excluding carboxylic acids is 3. The Morgan fingerprint density at radius 3 is 2.83 bits per heavy atom. The van der Waals surface area contributed by atoms with Crippen molar-refractivity contribution in [3.05, 3.63) is 29.3 Å². The fourth-order valence-electron chi connectivity index (χ4n) is 3.23. The van der Waals surface area contributed by atoms with Crippen molar-refractivity contribution in [3.8, 4) is 0 Å². The Labute approximate surface area is 141 Å². The van der Waals surface area contributed by atoms with Crippen LogP contribution in [0.2, 0.25) is 0 Å². The molecule has 0 saturated carbocycles. The van der Waals surface area contributed by atoms with Gasteiger partial charge < -0.3 is 15.5 Å². The zero-order valence-corrected chi connectivity index (χ0v) is 13.8. The van der Waals surface area contributed by atoms with Crippen LogP contribution in [0.4, 0.5) is 5.69 Å². The number of anilines is 1. The van der Waals surface area contributed by atoms with Crippen molar-refractivity contribution in [3.63, 3.8) is 0 Å². The minimum absolute atomic E-state index is 0.0300. The molecule has 0 bridgehead atoms. The van der Waals surface area contributed by atoms with Crippen LogP contribution in [-0.2, 0) is 16.0 Å². The molecule has 2 aliphatic rings. The van der Waals surface area contributed by atoms with Gasteiger partial charge in [-0.25, -0.2) is 0 Å². The number of likely N-dealkylation sites (tertiary alicyclic amines) is 1. The summed E-state index contributed by atoms with van der Waals surface area (Å²) < 4.78 is 0. The average molecular weight is 329 g/mol. The van der Waals surface area contributed by atoms with Crippen LogP contribution in [0, 0.1) is 0 Å². The summed E-state index contributed by atoms with van der Waals surface area (Å²) in [5.74, 6) is 0.137. The van der Waals surface area contributed by atoms with Crippen molar-refractivity contribution in [1.82, 2.24) is 10.2 Å². The van der Waals surface area contributed by atoms with Gasteiger partial charge in [-0.05, 0) is 49.4 Å². The number of rotatable bonds is 5. The molecule has 2 N–H and O–H groups in total. The van der Waals surface area contributed by atoms with Crippen LogP contribution in [0.1, 0.15) is 48.0 Å². The first-order chi connectivity index (χ1) is 11.6. The summed E-state index contributed by atoms with van der Waals surface area (Å²) in [6.07, 6.45) is 4.47. The first-order valence-electron chi connectivity index (χ1n) is 8.62. The Morgan fingerprint density at radius 1 is 1.17 bits per heavy atom. The van der Waals surface area contributed by atoms with Gasteiger partial charge in [0, 0.05) is 43.7 Å².